The van der Waals surface area contributed by atoms with Crippen LogP contribution in [0.5, 0.6) is 0 Å². The Labute approximate surface area is 124 Å². The summed E-state index contributed by atoms with van der Waals surface area (Å²) in [6.45, 7) is 1.66. The predicted molar refractivity (Wildman–Crippen MR) is 79.8 cm³/mol. The van der Waals surface area contributed by atoms with Gasteiger partial charge in [0.1, 0.15) is 6.04 Å². The summed E-state index contributed by atoms with van der Waals surface area (Å²) in [5, 5.41) is 1.02. The van der Waals surface area contributed by atoms with Gasteiger partial charge in [-0.25, -0.2) is 4.79 Å². The molecular formula is C14H18ClNO2S. The summed E-state index contributed by atoms with van der Waals surface area (Å²) in [7, 11) is 1.41. The summed E-state index contributed by atoms with van der Waals surface area (Å²) in [6.07, 6.45) is 1.95. The van der Waals surface area contributed by atoms with Crippen molar-refractivity contribution in [3.8, 4) is 0 Å². The molecule has 1 atom stereocenters. The van der Waals surface area contributed by atoms with Gasteiger partial charge in [-0.2, -0.15) is 12.6 Å². The van der Waals surface area contributed by atoms with Crippen LogP contribution in [-0.2, 0) is 9.53 Å². The lowest BCUT2D eigenvalue weighted by molar-refractivity contribution is -0.147. The summed E-state index contributed by atoms with van der Waals surface area (Å²) >= 11 is 10.7. The first kappa shape index (κ1) is 14.7. The zero-order chi connectivity index (χ0) is 13.8. The topological polar surface area (TPSA) is 29.5 Å². The van der Waals surface area contributed by atoms with Gasteiger partial charge in [0.15, 0.2) is 0 Å². The van der Waals surface area contributed by atoms with Gasteiger partial charge in [-0.05, 0) is 24.5 Å². The minimum Gasteiger partial charge on any atom is -0.468 e. The Morgan fingerprint density at radius 2 is 2.05 bits per heavy atom. The lowest BCUT2D eigenvalue weighted by atomic mass is 10.0. The summed E-state index contributed by atoms with van der Waals surface area (Å²) in [5.41, 5.74) is 0.814. The third-order valence-corrected chi connectivity index (χ3v) is 4.35. The van der Waals surface area contributed by atoms with Gasteiger partial charge in [0.25, 0.3) is 0 Å². The van der Waals surface area contributed by atoms with Crippen LogP contribution < -0.4 is 0 Å². The molecule has 0 amide bonds. The lowest BCUT2D eigenvalue weighted by Gasteiger charge is -2.35. The minimum atomic E-state index is -0.417. The Bertz CT molecular complexity index is 447. The van der Waals surface area contributed by atoms with E-state index in [4.69, 9.17) is 16.3 Å². The lowest BCUT2D eigenvalue weighted by Crippen LogP contribution is -2.41. The molecule has 0 bridgehead atoms. The molecule has 5 heteroatoms. The molecule has 0 N–H and O–H groups in total. The average Bonchev–Trinajstić information content (AvgIpc) is 2.43. The second-order valence-corrected chi connectivity index (χ2v) is 5.85. The number of nitrogens with zero attached hydrogens (tertiary/aromatic N) is 1. The van der Waals surface area contributed by atoms with Gasteiger partial charge >= 0.3 is 5.97 Å². The van der Waals surface area contributed by atoms with Gasteiger partial charge in [0.2, 0.25) is 0 Å². The van der Waals surface area contributed by atoms with Crippen LogP contribution >= 0.6 is 24.2 Å². The van der Waals surface area contributed by atoms with E-state index in [0.29, 0.717) is 10.3 Å². The second kappa shape index (κ2) is 6.64. The number of ether oxygens (including phenoxy) is 1. The number of benzene rings is 1. The van der Waals surface area contributed by atoms with Crippen molar-refractivity contribution < 1.29 is 9.53 Å². The number of piperidine rings is 1. The second-order valence-electron chi connectivity index (χ2n) is 4.71. The zero-order valence-electron chi connectivity index (χ0n) is 10.9. The first-order chi connectivity index (χ1) is 9.13. The van der Waals surface area contributed by atoms with E-state index < -0.39 is 6.04 Å². The van der Waals surface area contributed by atoms with E-state index in [1.165, 1.54) is 7.11 Å². The number of hydrogen-bond donors (Lipinski definition) is 1. The van der Waals surface area contributed by atoms with E-state index in [0.717, 1.165) is 31.5 Å². The molecule has 1 fully saturated rings. The molecule has 2 rings (SSSR count). The van der Waals surface area contributed by atoms with Crippen LogP contribution in [-0.4, -0.2) is 36.3 Å². The monoisotopic (exact) mass is 299 g/mol. The van der Waals surface area contributed by atoms with Crippen molar-refractivity contribution in [2.45, 2.75) is 24.1 Å². The number of methoxy groups -OCH3 is 1. The summed E-state index contributed by atoms with van der Waals surface area (Å²) in [5.74, 6) is -0.259. The number of likely N-dealkylation sites (tertiary alicyclic amines) is 1. The van der Waals surface area contributed by atoms with Crippen molar-refractivity contribution in [2.75, 3.05) is 20.2 Å². The van der Waals surface area contributed by atoms with E-state index >= 15 is 0 Å². The summed E-state index contributed by atoms with van der Waals surface area (Å²) in [6, 6.07) is 7.02. The number of esters is 1. The normalized spacial score (nSPS) is 19.1. The SMILES string of the molecule is COC(=O)[C@H](c1ccccc1Cl)N1CCC(S)CC1. The van der Waals surface area contributed by atoms with E-state index in [-0.39, 0.29) is 5.97 Å². The Morgan fingerprint density at radius 3 is 2.63 bits per heavy atom. The number of thiol groups is 1. The molecule has 0 unspecified atom stereocenters. The number of hydrogen-bond acceptors (Lipinski definition) is 4. The number of halogens is 1. The fourth-order valence-electron chi connectivity index (χ4n) is 2.43. The molecule has 0 aromatic heterocycles. The molecule has 3 nitrogen and oxygen atoms in total. The molecule has 0 saturated carbocycles. The quantitative estimate of drug-likeness (QED) is 0.687. The van der Waals surface area contributed by atoms with E-state index in [1.54, 1.807) is 6.07 Å². The smallest absolute Gasteiger partial charge is 0.327 e. The highest BCUT2D eigenvalue weighted by Crippen LogP contribution is 2.31. The molecule has 1 aromatic rings. The number of carbonyl (C=O) groups is 1. The maximum atomic E-state index is 12.1. The molecule has 0 spiro atoms. The van der Waals surface area contributed by atoms with Crippen molar-refractivity contribution >= 4 is 30.2 Å². The Kier molecular flexibility index (Phi) is 5.13. The first-order valence-corrected chi connectivity index (χ1v) is 7.27. The molecule has 1 aromatic carbocycles. The molecule has 0 radical (unpaired) electrons. The molecule has 1 heterocycles. The highest BCUT2D eigenvalue weighted by Gasteiger charge is 2.32. The number of rotatable bonds is 3. The van der Waals surface area contributed by atoms with Gasteiger partial charge in [-0.15, -0.1) is 0 Å². The number of carbonyl (C=O) groups excluding carboxylic acids is 1. The fourth-order valence-corrected chi connectivity index (χ4v) is 2.90. The summed E-state index contributed by atoms with van der Waals surface area (Å²) < 4.78 is 4.94. The Hall–Kier alpha value is -0.710. The molecule has 1 aliphatic heterocycles. The summed E-state index contributed by atoms with van der Waals surface area (Å²) in [4.78, 5) is 14.2. The third kappa shape index (κ3) is 3.44. The first-order valence-electron chi connectivity index (χ1n) is 6.38. The molecule has 19 heavy (non-hydrogen) atoms. The fraction of sp³-hybridized carbons (Fsp3) is 0.500. The Balaban J connectivity index is 2.26. The average molecular weight is 300 g/mol. The largest absolute Gasteiger partial charge is 0.468 e. The van der Waals surface area contributed by atoms with E-state index in [1.807, 2.05) is 18.2 Å². The van der Waals surface area contributed by atoms with Crippen molar-refractivity contribution in [3.63, 3.8) is 0 Å². The molecule has 1 aliphatic rings. The van der Waals surface area contributed by atoms with E-state index in [2.05, 4.69) is 17.5 Å². The van der Waals surface area contributed by atoms with Gasteiger partial charge in [0.05, 0.1) is 7.11 Å². The van der Waals surface area contributed by atoms with Gasteiger partial charge in [-0.3, -0.25) is 4.90 Å². The van der Waals surface area contributed by atoms with Crippen LogP contribution in [0.3, 0.4) is 0 Å². The maximum absolute atomic E-state index is 12.1. The highest BCUT2D eigenvalue weighted by molar-refractivity contribution is 7.80. The van der Waals surface area contributed by atoms with E-state index in [9.17, 15) is 4.79 Å². The maximum Gasteiger partial charge on any atom is 0.327 e. The van der Waals surface area contributed by atoms with Crippen molar-refractivity contribution in [1.82, 2.24) is 4.90 Å². The third-order valence-electron chi connectivity index (χ3n) is 3.49. The van der Waals surface area contributed by atoms with Gasteiger partial charge < -0.3 is 4.74 Å². The Morgan fingerprint density at radius 1 is 1.42 bits per heavy atom. The standard InChI is InChI=1S/C14H18ClNO2S/c1-18-14(17)13(11-4-2-3-5-12(11)15)16-8-6-10(19)7-9-16/h2-5,10,13,19H,6-9H2,1H3/t13-/m0/s1. The van der Waals surface area contributed by atoms with Gasteiger partial charge in [0, 0.05) is 23.4 Å². The van der Waals surface area contributed by atoms with Crippen LogP contribution in [0.2, 0.25) is 5.02 Å². The van der Waals surface area contributed by atoms with Crippen molar-refractivity contribution in [3.05, 3.63) is 34.9 Å². The molecule has 0 aliphatic carbocycles. The molecular weight excluding hydrogens is 282 g/mol. The molecule has 104 valence electrons. The van der Waals surface area contributed by atoms with Crippen molar-refractivity contribution in [2.24, 2.45) is 0 Å². The minimum absolute atomic E-state index is 0.259. The van der Waals surface area contributed by atoms with Crippen LogP contribution in [0.4, 0.5) is 0 Å². The van der Waals surface area contributed by atoms with Gasteiger partial charge in [-0.1, -0.05) is 29.8 Å². The van der Waals surface area contributed by atoms with Crippen LogP contribution in [0.1, 0.15) is 24.4 Å². The van der Waals surface area contributed by atoms with Crippen LogP contribution in [0.25, 0.3) is 0 Å². The van der Waals surface area contributed by atoms with Crippen LogP contribution in [0.15, 0.2) is 24.3 Å². The predicted octanol–water partition coefficient (Wildman–Crippen LogP) is 2.95. The molecule has 1 saturated heterocycles. The van der Waals surface area contributed by atoms with Crippen molar-refractivity contribution in [1.29, 1.82) is 0 Å². The highest BCUT2D eigenvalue weighted by atomic mass is 35.5. The zero-order valence-corrected chi connectivity index (χ0v) is 12.5. The van der Waals surface area contributed by atoms with Crippen LogP contribution in [0, 0.1) is 0 Å².